The molecule has 0 spiro atoms. The third-order valence-corrected chi connectivity index (χ3v) is 8.27. The summed E-state index contributed by atoms with van der Waals surface area (Å²) >= 11 is 7.96. The van der Waals surface area contributed by atoms with Crippen LogP contribution in [0.1, 0.15) is 51.5 Å². The van der Waals surface area contributed by atoms with Gasteiger partial charge in [-0.15, -0.1) is 11.3 Å². The number of ketones is 1. The Labute approximate surface area is 222 Å². The van der Waals surface area contributed by atoms with E-state index < -0.39 is 0 Å². The van der Waals surface area contributed by atoms with Gasteiger partial charge in [0.2, 0.25) is 0 Å². The van der Waals surface area contributed by atoms with Crippen LogP contribution in [0, 0.1) is 0 Å². The molecule has 3 N–H and O–H groups in total. The molecule has 188 valence electrons. The fraction of sp³-hybridized carbons (Fsp3) is 0.310. The molecule has 1 aliphatic heterocycles. The van der Waals surface area contributed by atoms with Crippen molar-refractivity contribution in [3.63, 3.8) is 0 Å². The molecule has 36 heavy (non-hydrogen) atoms. The Bertz CT molecular complexity index is 1380. The molecule has 4 aromatic rings. The molecular weight excluding hydrogens is 488 g/mol. The van der Waals surface area contributed by atoms with Crippen LogP contribution in [-0.4, -0.2) is 24.4 Å². The van der Waals surface area contributed by atoms with Crippen LogP contribution in [0.4, 0.5) is 11.5 Å². The highest BCUT2D eigenvalue weighted by atomic mass is 35.5. The Morgan fingerprint density at radius 3 is 2.83 bits per heavy atom. The second-order valence-electron chi connectivity index (χ2n) is 9.15. The average molecular weight is 521 g/mol. The Kier molecular flexibility index (Phi) is 8.29. The maximum absolute atomic E-state index is 12.9. The van der Waals surface area contributed by atoms with Crippen molar-refractivity contribution in [1.82, 2.24) is 10.3 Å². The van der Waals surface area contributed by atoms with Gasteiger partial charge in [0, 0.05) is 55.3 Å². The third kappa shape index (κ3) is 5.72. The van der Waals surface area contributed by atoms with E-state index in [1.54, 1.807) is 6.20 Å². The van der Waals surface area contributed by atoms with Gasteiger partial charge in [-0.25, -0.2) is 4.98 Å². The fourth-order valence-electron chi connectivity index (χ4n) is 4.72. The predicted octanol–water partition coefficient (Wildman–Crippen LogP) is 6.66. The van der Waals surface area contributed by atoms with Crippen LogP contribution in [0.25, 0.3) is 10.8 Å². The van der Waals surface area contributed by atoms with Gasteiger partial charge in [0.25, 0.3) is 0 Å². The largest absolute Gasteiger partial charge is 0.383 e. The number of nitrogen functional groups attached to an aromatic ring is 1. The van der Waals surface area contributed by atoms with Crippen LogP contribution in [0.2, 0.25) is 5.02 Å². The van der Waals surface area contributed by atoms with Gasteiger partial charge in [0.15, 0.2) is 5.78 Å². The molecule has 5 nitrogen and oxygen atoms in total. The number of hydrogen-bond donors (Lipinski definition) is 2. The first kappa shape index (κ1) is 26.1. The summed E-state index contributed by atoms with van der Waals surface area (Å²) in [6, 6.07) is 16.5. The number of fused-ring (bicyclic) bond motifs is 2. The molecular formula is C29H33ClN4OS. The van der Waals surface area contributed by atoms with Gasteiger partial charge in [-0.05, 0) is 59.5 Å². The molecule has 2 aromatic heterocycles. The first-order chi connectivity index (χ1) is 17.0. The van der Waals surface area contributed by atoms with Crippen molar-refractivity contribution in [3.05, 3.63) is 86.2 Å². The second kappa shape index (κ2) is 11.4. The lowest BCUT2D eigenvalue weighted by atomic mass is 9.99. The summed E-state index contributed by atoms with van der Waals surface area (Å²) in [4.78, 5) is 21.0. The molecule has 2 aromatic carbocycles. The van der Waals surface area contributed by atoms with E-state index in [9.17, 15) is 4.79 Å². The topological polar surface area (TPSA) is 71.2 Å². The van der Waals surface area contributed by atoms with Crippen molar-refractivity contribution in [1.29, 1.82) is 0 Å². The maximum atomic E-state index is 12.9. The lowest BCUT2D eigenvalue weighted by Crippen LogP contribution is -2.24. The Morgan fingerprint density at radius 2 is 1.97 bits per heavy atom. The SMILES string of the molecule is C.CN1CCCc2cc(CNCc3sc(C(=O)CCc4ccc5c(N)nccc5c4)cc3Cl)ccc21. The molecule has 0 atom stereocenters. The lowest BCUT2D eigenvalue weighted by molar-refractivity contribution is 0.0986. The summed E-state index contributed by atoms with van der Waals surface area (Å²) in [5, 5.41) is 6.13. The standard InChI is InChI=1S/C28H29ClN4OS.CH4/c1-33-12-2-3-21-14-19(5-8-24(21)33)16-31-17-27-23(29)15-26(35-27)25(34)9-6-18-4-7-22-20(13-18)10-11-32-28(22)30;/h4-5,7-8,10-11,13-15,31H,2-3,6,9,12,16-17H2,1H3,(H2,30,32);1H4. The summed E-state index contributed by atoms with van der Waals surface area (Å²) in [5.41, 5.74) is 11.1. The number of thiophene rings is 1. The summed E-state index contributed by atoms with van der Waals surface area (Å²) in [6.45, 7) is 2.54. The summed E-state index contributed by atoms with van der Waals surface area (Å²) in [7, 11) is 2.16. The smallest absolute Gasteiger partial charge is 0.173 e. The first-order valence-corrected chi connectivity index (χ1v) is 13.2. The number of carbonyl (C=O) groups is 1. The van der Waals surface area contributed by atoms with Gasteiger partial charge in [-0.3, -0.25) is 4.79 Å². The average Bonchev–Trinajstić information content (AvgIpc) is 3.23. The van der Waals surface area contributed by atoms with Gasteiger partial charge >= 0.3 is 0 Å². The predicted molar refractivity (Wildman–Crippen MR) is 153 cm³/mol. The third-order valence-electron chi connectivity index (χ3n) is 6.64. The zero-order valence-corrected chi connectivity index (χ0v) is 21.4. The lowest BCUT2D eigenvalue weighted by Gasteiger charge is -2.27. The van der Waals surface area contributed by atoms with E-state index in [0.717, 1.165) is 45.6 Å². The van der Waals surface area contributed by atoms with Crippen LogP contribution in [-0.2, 0) is 25.9 Å². The molecule has 0 saturated carbocycles. The molecule has 0 amide bonds. The van der Waals surface area contributed by atoms with Gasteiger partial charge in [0.1, 0.15) is 5.82 Å². The molecule has 0 radical (unpaired) electrons. The number of aryl methyl sites for hydroxylation is 2. The number of anilines is 2. The molecule has 0 bridgehead atoms. The van der Waals surface area contributed by atoms with E-state index in [1.807, 2.05) is 24.3 Å². The van der Waals surface area contributed by atoms with E-state index in [0.29, 0.717) is 30.2 Å². The highest BCUT2D eigenvalue weighted by Crippen LogP contribution is 2.30. The number of hydrogen-bond acceptors (Lipinski definition) is 6. The second-order valence-corrected chi connectivity index (χ2v) is 10.7. The van der Waals surface area contributed by atoms with E-state index in [1.165, 1.54) is 34.6 Å². The molecule has 0 fully saturated rings. The highest BCUT2D eigenvalue weighted by Gasteiger charge is 2.15. The van der Waals surface area contributed by atoms with Crippen LogP contribution in [0.3, 0.4) is 0 Å². The van der Waals surface area contributed by atoms with E-state index in [2.05, 4.69) is 46.5 Å². The molecule has 1 aliphatic rings. The zero-order valence-electron chi connectivity index (χ0n) is 19.8. The number of benzene rings is 2. The zero-order chi connectivity index (χ0) is 24.4. The Balaban J connectivity index is 0.00000304. The number of halogens is 1. The highest BCUT2D eigenvalue weighted by molar-refractivity contribution is 7.14. The Hall–Kier alpha value is -2.93. The van der Waals surface area contributed by atoms with Crippen molar-refractivity contribution >= 4 is 51.0 Å². The van der Waals surface area contributed by atoms with Gasteiger partial charge in [-0.2, -0.15) is 0 Å². The minimum atomic E-state index is 0. The van der Waals surface area contributed by atoms with Crippen molar-refractivity contribution in [2.75, 3.05) is 24.2 Å². The van der Waals surface area contributed by atoms with Crippen LogP contribution in [0.5, 0.6) is 0 Å². The van der Waals surface area contributed by atoms with Gasteiger partial charge in [-0.1, -0.05) is 49.4 Å². The van der Waals surface area contributed by atoms with Gasteiger partial charge < -0.3 is 16.0 Å². The van der Waals surface area contributed by atoms with E-state index in [-0.39, 0.29) is 13.2 Å². The summed E-state index contributed by atoms with van der Waals surface area (Å²) < 4.78 is 0. The van der Waals surface area contributed by atoms with Crippen molar-refractivity contribution in [2.24, 2.45) is 0 Å². The minimum absolute atomic E-state index is 0. The number of nitrogens with two attached hydrogens (primary N) is 1. The van der Waals surface area contributed by atoms with Gasteiger partial charge in [0.05, 0.1) is 9.90 Å². The summed E-state index contributed by atoms with van der Waals surface area (Å²) in [6.07, 6.45) is 5.17. The normalized spacial score (nSPS) is 12.9. The molecule has 7 heteroatoms. The molecule has 5 rings (SSSR count). The number of carbonyl (C=O) groups excluding carboxylic acids is 1. The fourth-order valence-corrected chi connectivity index (χ4v) is 6.07. The Morgan fingerprint density at radius 1 is 1.14 bits per heavy atom. The molecule has 0 saturated heterocycles. The van der Waals surface area contributed by atoms with E-state index in [4.69, 9.17) is 17.3 Å². The number of rotatable bonds is 8. The number of aromatic nitrogens is 1. The minimum Gasteiger partial charge on any atom is -0.383 e. The van der Waals surface area contributed by atoms with Crippen LogP contribution < -0.4 is 16.0 Å². The van der Waals surface area contributed by atoms with Crippen molar-refractivity contribution < 1.29 is 4.79 Å². The van der Waals surface area contributed by atoms with Crippen molar-refractivity contribution in [2.45, 2.75) is 46.2 Å². The number of pyridine rings is 1. The van der Waals surface area contributed by atoms with Crippen LogP contribution in [0.15, 0.2) is 54.7 Å². The monoisotopic (exact) mass is 520 g/mol. The number of nitrogens with one attached hydrogen (secondary N) is 1. The van der Waals surface area contributed by atoms with Crippen molar-refractivity contribution in [3.8, 4) is 0 Å². The maximum Gasteiger partial charge on any atom is 0.173 e. The van der Waals surface area contributed by atoms with Crippen LogP contribution >= 0.6 is 22.9 Å². The molecule has 3 heterocycles. The van der Waals surface area contributed by atoms with E-state index >= 15 is 0 Å². The number of nitrogens with zero attached hydrogens (tertiary/aromatic N) is 2. The quantitative estimate of drug-likeness (QED) is 0.254. The summed E-state index contributed by atoms with van der Waals surface area (Å²) in [5.74, 6) is 0.648. The number of Topliss-reactive ketones (excluding diaryl/α,β-unsaturated/α-hetero) is 1. The first-order valence-electron chi connectivity index (χ1n) is 12.0. The molecule has 0 aliphatic carbocycles. The molecule has 0 unspecified atom stereocenters.